The molecule has 0 spiro atoms. The van der Waals surface area contributed by atoms with Gasteiger partial charge in [-0.3, -0.25) is 9.69 Å². The van der Waals surface area contributed by atoms with Gasteiger partial charge in [0.05, 0.1) is 11.1 Å². The van der Waals surface area contributed by atoms with E-state index in [-0.39, 0.29) is 11.7 Å². The predicted octanol–water partition coefficient (Wildman–Crippen LogP) is 3.63. The zero-order valence-corrected chi connectivity index (χ0v) is 15.4. The Hall–Kier alpha value is -1.21. The number of piperazine rings is 1. The van der Waals surface area contributed by atoms with Crippen LogP contribution in [0, 0.1) is 5.82 Å². The molecular weight excluding hydrogens is 363 g/mol. The summed E-state index contributed by atoms with van der Waals surface area (Å²) in [6, 6.07) is 4.45. The van der Waals surface area contributed by atoms with Crippen LogP contribution in [0.1, 0.15) is 22.5 Å². The van der Waals surface area contributed by atoms with Crippen molar-refractivity contribution in [2.24, 2.45) is 0 Å². The van der Waals surface area contributed by atoms with Crippen molar-refractivity contribution in [1.29, 1.82) is 0 Å². The van der Waals surface area contributed by atoms with Crippen LogP contribution in [-0.2, 0) is 4.74 Å². The van der Waals surface area contributed by atoms with Crippen LogP contribution in [0.2, 0.25) is 5.02 Å². The Morgan fingerprint density at radius 2 is 2.12 bits per heavy atom. The minimum absolute atomic E-state index is 0.0524. The molecule has 2 aliphatic rings. The number of carbonyl (C=O) groups excluding carboxylic acids is 1. The van der Waals surface area contributed by atoms with Gasteiger partial charge in [0.25, 0.3) is 5.91 Å². The van der Waals surface area contributed by atoms with Crippen molar-refractivity contribution in [1.82, 2.24) is 9.80 Å². The van der Waals surface area contributed by atoms with E-state index in [0.717, 1.165) is 44.5 Å². The molecule has 134 valence electrons. The number of halogens is 2. The lowest BCUT2D eigenvalue weighted by atomic mass is 10.2. The molecule has 1 aromatic heterocycles. The predicted molar refractivity (Wildman–Crippen MR) is 98.1 cm³/mol. The number of benzene rings is 1. The van der Waals surface area contributed by atoms with E-state index in [9.17, 15) is 9.18 Å². The average Bonchev–Trinajstić information content (AvgIpc) is 3.23. The van der Waals surface area contributed by atoms with Crippen LogP contribution >= 0.6 is 22.9 Å². The number of ether oxygens (including phenoxy) is 1. The summed E-state index contributed by atoms with van der Waals surface area (Å²) < 4.78 is 19.8. The maximum atomic E-state index is 13.4. The first-order valence-electron chi connectivity index (χ1n) is 8.62. The summed E-state index contributed by atoms with van der Waals surface area (Å²) >= 11 is 7.65. The van der Waals surface area contributed by atoms with Gasteiger partial charge in [-0.1, -0.05) is 11.6 Å². The Morgan fingerprint density at radius 1 is 1.32 bits per heavy atom. The van der Waals surface area contributed by atoms with Crippen LogP contribution in [0.5, 0.6) is 0 Å². The normalized spacial score (nSPS) is 22.0. The second kappa shape index (κ2) is 7.19. The molecule has 1 unspecified atom stereocenters. The second-order valence-electron chi connectivity index (χ2n) is 6.61. The number of thiophene rings is 1. The molecular formula is C18H20ClFN2O2S. The van der Waals surface area contributed by atoms with E-state index in [2.05, 4.69) is 4.90 Å². The molecule has 0 saturated carbocycles. The van der Waals surface area contributed by atoms with Gasteiger partial charge >= 0.3 is 0 Å². The Kier molecular flexibility index (Phi) is 4.95. The second-order valence-corrected chi connectivity index (χ2v) is 8.04. The Labute approximate surface area is 155 Å². The summed E-state index contributed by atoms with van der Waals surface area (Å²) in [4.78, 5) is 17.6. The van der Waals surface area contributed by atoms with E-state index in [1.807, 2.05) is 4.90 Å². The molecule has 25 heavy (non-hydrogen) atoms. The van der Waals surface area contributed by atoms with Crippen LogP contribution in [0.15, 0.2) is 18.2 Å². The van der Waals surface area contributed by atoms with Gasteiger partial charge in [-0.25, -0.2) is 4.39 Å². The Bertz CT molecular complexity index is 783. The lowest BCUT2D eigenvalue weighted by molar-refractivity contribution is 0.0435. The maximum absolute atomic E-state index is 13.4. The zero-order valence-electron chi connectivity index (χ0n) is 13.8. The monoisotopic (exact) mass is 382 g/mol. The quantitative estimate of drug-likeness (QED) is 0.812. The highest BCUT2D eigenvalue weighted by Crippen LogP contribution is 2.36. The summed E-state index contributed by atoms with van der Waals surface area (Å²) in [6.45, 7) is 4.89. The fourth-order valence-corrected chi connectivity index (χ4v) is 5.03. The number of fused-ring (bicyclic) bond motifs is 1. The molecule has 0 N–H and O–H groups in total. The maximum Gasteiger partial charge on any atom is 0.265 e. The molecule has 0 radical (unpaired) electrons. The molecule has 4 rings (SSSR count). The molecule has 1 aromatic carbocycles. The van der Waals surface area contributed by atoms with Crippen LogP contribution in [0.4, 0.5) is 4.39 Å². The fourth-order valence-electron chi connectivity index (χ4n) is 3.53. The van der Waals surface area contributed by atoms with E-state index in [0.29, 0.717) is 33.8 Å². The van der Waals surface area contributed by atoms with Gasteiger partial charge in [0.15, 0.2) is 0 Å². The number of carbonyl (C=O) groups is 1. The van der Waals surface area contributed by atoms with Gasteiger partial charge < -0.3 is 9.64 Å². The molecule has 0 aliphatic carbocycles. The first kappa shape index (κ1) is 17.2. The third-order valence-electron chi connectivity index (χ3n) is 4.93. The third kappa shape index (κ3) is 3.53. The van der Waals surface area contributed by atoms with Gasteiger partial charge in [-0.05, 0) is 31.0 Å². The summed E-state index contributed by atoms with van der Waals surface area (Å²) in [7, 11) is 0. The molecule has 2 fully saturated rings. The van der Waals surface area contributed by atoms with Crippen molar-refractivity contribution in [3.05, 3.63) is 33.9 Å². The SMILES string of the molecule is O=C(c1sc2cc(F)ccc2c1Cl)N1CCN(CC2CCCO2)CC1. The molecule has 2 saturated heterocycles. The van der Waals surface area contributed by atoms with Gasteiger partial charge in [0.1, 0.15) is 10.7 Å². The van der Waals surface area contributed by atoms with Crippen LogP contribution in [0.3, 0.4) is 0 Å². The van der Waals surface area contributed by atoms with Crippen LogP contribution in [0.25, 0.3) is 10.1 Å². The van der Waals surface area contributed by atoms with Crippen molar-refractivity contribution < 1.29 is 13.9 Å². The molecule has 1 atom stereocenters. The largest absolute Gasteiger partial charge is 0.377 e. The smallest absolute Gasteiger partial charge is 0.265 e. The first-order valence-corrected chi connectivity index (χ1v) is 9.82. The topological polar surface area (TPSA) is 32.8 Å². The minimum Gasteiger partial charge on any atom is -0.377 e. The number of hydrogen-bond acceptors (Lipinski definition) is 4. The molecule has 4 nitrogen and oxygen atoms in total. The van der Waals surface area contributed by atoms with Crippen molar-refractivity contribution in [2.45, 2.75) is 18.9 Å². The van der Waals surface area contributed by atoms with E-state index < -0.39 is 0 Å². The highest BCUT2D eigenvalue weighted by Gasteiger charge is 2.27. The lowest BCUT2D eigenvalue weighted by Crippen LogP contribution is -2.50. The van der Waals surface area contributed by atoms with Crippen molar-refractivity contribution in [2.75, 3.05) is 39.3 Å². The fraction of sp³-hybridized carbons (Fsp3) is 0.500. The molecule has 2 aliphatic heterocycles. The van der Waals surface area contributed by atoms with Crippen molar-refractivity contribution >= 4 is 38.9 Å². The zero-order chi connectivity index (χ0) is 17.4. The highest BCUT2D eigenvalue weighted by molar-refractivity contribution is 7.21. The molecule has 1 amide bonds. The van der Waals surface area contributed by atoms with E-state index in [1.165, 1.54) is 23.5 Å². The highest BCUT2D eigenvalue weighted by atomic mass is 35.5. The average molecular weight is 383 g/mol. The molecule has 2 aromatic rings. The first-order chi connectivity index (χ1) is 12.1. The van der Waals surface area contributed by atoms with Gasteiger partial charge in [-0.15, -0.1) is 11.3 Å². The summed E-state index contributed by atoms with van der Waals surface area (Å²) in [6.07, 6.45) is 2.62. The standard InChI is InChI=1S/C18H20ClFN2O2S/c19-16-14-4-3-12(20)10-15(14)25-17(16)18(23)22-7-5-21(6-8-22)11-13-2-1-9-24-13/h3-4,10,13H,1-2,5-9,11H2. The third-order valence-corrected chi connectivity index (χ3v) is 6.58. The number of nitrogens with zero attached hydrogens (tertiary/aromatic N) is 2. The van der Waals surface area contributed by atoms with Crippen molar-refractivity contribution in [3.8, 4) is 0 Å². The van der Waals surface area contributed by atoms with Crippen molar-refractivity contribution in [3.63, 3.8) is 0 Å². The number of hydrogen-bond donors (Lipinski definition) is 0. The van der Waals surface area contributed by atoms with E-state index in [1.54, 1.807) is 6.07 Å². The van der Waals surface area contributed by atoms with E-state index in [4.69, 9.17) is 16.3 Å². The Morgan fingerprint density at radius 3 is 2.84 bits per heavy atom. The lowest BCUT2D eigenvalue weighted by Gasteiger charge is -2.35. The van der Waals surface area contributed by atoms with Crippen LogP contribution < -0.4 is 0 Å². The Balaban J connectivity index is 1.42. The van der Waals surface area contributed by atoms with Gasteiger partial charge in [0, 0.05) is 49.4 Å². The van der Waals surface area contributed by atoms with Gasteiger partial charge in [0.2, 0.25) is 0 Å². The summed E-state index contributed by atoms with van der Waals surface area (Å²) in [5, 5.41) is 1.18. The number of rotatable bonds is 3. The van der Waals surface area contributed by atoms with Gasteiger partial charge in [-0.2, -0.15) is 0 Å². The van der Waals surface area contributed by atoms with E-state index >= 15 is 0 Å². The molecule has 0 bridgehead atoms. The number of amides is 1. The molecule has 3 heterocycles. The summed E-state index contributed by atoms with van der Waals surface area (Å²) in [5.74, 6) is -0.365. The molecule has 7 heteroatoms. The van der Waals surface area contributed by atoms with Crippen LogP contribution in [-0.4, -0.2) is 61.1 Å². The minimum atomic E-state index is -0.313. The summed E-state index contributed by atoms with van der Waals surface area (Å²) in [5.41, 5.74) is 0.